The number of nitro benzene ring substituents is 1. The Labute approximate surface area is 162 Å². The van der Waals surface area contributed by atoms with Crippen LogP contribution in [0.4, 0.5) is 17.1 Å². The van der Waals surface area contributed by atoms with Gasteiger partial charge in [-0.25, -0.2) is 0 Å². The second-order valence-corrected chi connectivity index (χ2v) is 6.85. The molecule has 0 aromatic heterocycles. The van der Waals surface area contributed by atoms with E-state index >= 15 is 0 Å². The van der Waals surface area contributed by atoms with Gasteiger partial charge in [-0.05, 0) is 24.3 Å². The Morgan fingerprint density at radius 3 is 2.33 bits per heavy atom. The number of rotatable bonds is 5. The third-order valence-corrected chi connectivity index (χ3v) is 5.07. The summed E-state index contributed by atoms with van der Waals surface area (Å²) in [6.45, 7) is 3.45. The second-order valence-electron chi connectivity index (χ2n) is 6.44. The number of non-ortho nitro benzene ring substituents is 1. The molecule has 1 heterocycles. The summed E-state index contributed by atoms with van der Waals surface area (Å²) in [6.07, 6.45) is 0. The van der Waals surface area contributed by atoms with Gasteiger partial charge in [0.05, 0.1) is 22.2 Å². The Balaban J connectivity index is 1.54. The number of anilines is 2. The van der Waals surface area contributed by atoms with Gasteiger partial charge in [-0.3, -0.25) is 19.8 Å². The van der Waals surface area contributed by atoms with Crippen molar-refractivity contribution in [2.24, 2.45) is 0 Å². The number of halogens is 1. The van der Waals surface area contributed by atoms with Crippen LogP contribution in [0.5, 0.6) is 0 Å². The number of nitro groups is 1. The number of carbonyl (C=O) groups is 1. The van der Waals surface area contributed by atoms with E-state index in [9.17, 15) is 14.9 Å². The molecule has 1 fully saturated rings. The highest BCUT2D eigenvalue weighted by Gasteiger charge is 2.22. The fourth-order valence-electron chi connectivity index (χ4n) is 3.09. The first-order valence-electron chi connectivity index (χ1n) is 8.68. The van der Waals surface area contributed by atoms with E-state index in [1.165, 1.54) is 17.0 Å². The van der Waals surface area contributed by atoms with E-state index in [1.807, 2.05) is 24.3 Å². The lowest BCUT2D eigenvalue weighted by Gasteiger charge is -2.36. The third kappa shape index (κ3) is 4.56. The van der Waals surface area contributed by atoms with Crippen molar-refractivity contribution in [3.05, 3.63) is 63.7 Å². The molecule has 0 radical (unpaired) electrons. The SMILES string of the molecule is CN(C(=O)CN1CCN(c2ccccc2Cl)CC1)c1ccc([N+](=O)[O-])cc1. The van der Waals surface area contributed by atoms with Crippen LogP contribution in [0.2, 0.25) is 5.02 Å². The average molecular weight is 389 g/mol. The highest BCUT2D eigenvalue weighted by molar-refractivity contribution is 6.33. The molecule has 1 saturated heterocycles. The Hall–Kier alpha value is -2.64. The molecular formula is C19H21ClN4O3. The summed E-state index contributed by atoms with van der Waals surface area (Å²) in [5.41, 5.74) is 1.67. The summed E-state index contributed by atoms with van der Waals surface area (Å²) in [5, 5.41) is 11.5. The molecule has 3 rings (SSSR count). The number of carbonyl (C=O) groups excluding carboxylic acids is 1. The van der Waals surface area contributed by atoms with E-state index in [4.69, 9.17) is 11.6 Å². The fourth-order valence-corrected chi connectivity index (χ4v) is 3.35. The maximum absolute atomic E-state index is 12.6. The number of likely N-dealkylation sites (N-methyl/N-ethyl adjacent to an activating group) is 1. The van der Waals surface area contributed by atoms with Crippen LogP contribution in [0.25, 0.3) is 0 Å². The van der Waals surface area contributed by atoms with E-state index in [0.717, 1.165) is 36.9 Å². The van der Waals surface area contributed by atoms with Crippen molar-refractivity contribution in [3.8, 4) is 0 Å². The molecule has 0 N–H and O–H groups in total. The maximum atomic E-state index is 12.6. The van der Waals surface area contributed by atoms with Crippen LogP contribution in [0.3, 0.4) is 0 Å². The van der Waals surface area contributed by atoms with Gasteiger partial charge in [0.15, 0.2) is 0 Å². The lowest BCUT2D eigenvalue weighted by Crippen LogP contribution is -2.49. The molecule has 1 aliphatic rings. The molecular weight excluding hydrogens is 368 g/mol. The van der Waals surface area contributed by atoms with E-state index in [-0.39, 0.29) is 11.6 Å². The second kappa shape index (κ2) is 8.37. The van der Waals surface area contributed by atoms with Crippen molar-refractivity contribution in [1.29, 1.82) is 0 Å². The predicted molar refractivity (Wildman–Crippen MR) is 107 cm³/mol. The third-order valence-electron chi connectivity index (χ3n) is 4.75. The van der Waals surface area contributed by atoms with Crippen molar-refractivity contribution in [3.63, 3.8) is 0 Å². The topological polar surface area (TPSA) is 69.9 Å². The molecule has 0 spiro atoms. The van der Waals surface area contributed by atoms with Gasteiger partial charge in [-0.1, -0.05) is 23.7 Å². The van der Waals surface area contributed by atoms with Crippen LogP contribution < -0.4 is 9.80 Å². The number of piperazine rings is 1. The zero-order valence-corrected chi connectivity index (χ0v) is 15.8. The van der Waals surface area contributed by atoms with Crippen molar-refractivity contribution in [1.82, 2.24) is 4.90 Å². The number of hydrogen-bond donors (Lipinski definition) is 0. The van der Waals surface area contributed by atoms with Gasteiger partial charge in [-0.2, -0.15) is 0 Å². The molecule has 0 unspecified atom stereocenters. The summed E-state index contributed by atoms with van der Waals surface area (Å²) >= 11 is 6.26. The average Bonchev–Trinajstić information content (AvgIpc) is 2.68. The minimum Gasteiger partial charge on any atom is -0.368 e. The molecule has 0 atom stereocenters. The predicted octanol–water partition coefficient (Wildman–Crippen LogP) is 3.03. The van der Waals surface area contributed by atoms with Crippen LogP contribution in [-0.2, 0) is 4.79 Å². The lowest BCUT2D eigenvalue weighted by molar-refractivity contribution is -0.384. The summed E-state index contributed by atoms with van der Waals surface area (Å²) in [6, 6.07) is 13.8. The summed E-state index contributed by atoms with van der Waals surface area (Å²) in [7, 11) is 1.68. The van der Waals surface area contributed by atoms with Crippen LogP contribution in [-0.4, -0.2) is 55.5 Å². The fraction of sp³-hybridized carbons (Fsp3) is 0.316. The maximum Gasteiger partial charge on any atom is 0.269 e. The Kier molecular flexibility index (Phi) is 5.93. The van der Waals surface area contributed by atoms with E-state index in [1.54, 1.807) is 19.2 Å². The normalized spacial score (nSPS) is 14.8. The highest BCUT2D eigenvalue weighted by atomic mass is 35.5. The number of hydrogen-bond acceptors (Lipinski definition) is 5. The van der Waals surface area contributed by atoms with Crippen LogP contribution >= 0.6 is 11.6 Å². The first-order valence-corrected chi connectivity index (χ1v) is 9.06. The molecule has 7 nitrogen and oxygen atoms in total. The summed E-state index contributed by atoms with van der Waals surface area (Å²) < 4.78 is 0. The van der Waals surface area contributed by atoms with Crippen molar-refractivity contribution in [2.45, 2.75) is 0 Å². The summed E-state index contributed by atoms with van der Waals surface area (Å²) in [4.78, 5) is 28.7. The summed E-state index contributed by atoms with van der Waals surface area (Å²) in [5.74, 6) is -0.0463. The molecule has 0 bridgehead atoms. The number of para-hydroxylation sites is 1. The highest BCUT2D eigenvalue weighted by Crippen LogP contribution is 2.26. The van der Waals surface area contributed by atoms with Gasteiger partial charge in [-0.15, -0.1) is 0 Å². The molecule has 1 aliphatic heterocycles. The Morgan fingerprint density at radius 2 is 1.74 bits per heavy atom. The zero-order valence-electron chi connectivity index (χ0n) is 15.0. The Bertz CT molecular complexity index is 820. The van der Waals surface area contributed by atoms with Gasteiger partial charge >= 0.3 is 0 Å². The molecule has 8 heteroatoms. The van der Waals surface area contributed by atoms with Gasteiger partial charge in [0.25, 0.3) is 5.69 Å². The Morgan fingerprint density at radius 1 is 1.11 bits per heavy atom. The lowest BCUT2D eigenvalue weighted by atomic mass is 10.2. The largest absolute Gasteiger partial charge is 0.368 e. The van der Waals surface area contributed by atoms with Crippen LogP contribution in [0.15, 0.2) is 48.5 Å². The number of benzene rings is 2. The minimum absolute atomic E-state index is 0.00953. The van der Waals surface area contributed by atoms with Crippen molar-refractivity contribution >= 4 is 34.6 Å². The molecule has 27 heavy (non-hydrogen) atoms. The monoisotopic (exact) mass is 388 g/mol. The molecule has 2 aromatic carbocycles. The number of amides is 1. The number of nitrogens with zero attached hydrogens (tertiary/aromatic N) is 4. The van der Waals surface area contributed by atoms with Crippen molar-refractivity contribution in [2.75, 3.05) is 49.6 Å². The molecule has 0 aliphatic carbocycles. The molecule has 0 saturated carbocycles. The van der Waals surface area contributed by atoms with Gasteiger partial charge in [0, 0.05) is 51.0 Å². The van der Waals surface area contributed by atoms with E-state index in [2.05, 4.69) is 9.80 Å². The van der Waals surface area contributed by atoms with Crippen LogP contribution in [0, 0.1) is 10.1 Å². The molecule has 142 valence electrons. The van der Waals surface area contributed by atoms with Crippen LogP contribution in [0.1, 0.15) is 0 Å². The van der Waals surface area contributed by atoms with Gasteiger partial charge < -0.3 is 9.80 Å². The smallest absolute Gasteiger partial charge is 0.269 e. The quantitative estimate of drug-likeness (QED) is 0.581. The first kappa shape index (κ1) is 19.1. The van der Waals surface area contributed by atoms with E-state index < -0.39 is 4.92 Å². The minimum atomic E-state index is -0.454. The molecule has 2 aromatic rings. The van der Waals surface area contributed by atoms with Gasteiger partial charge in [0.1, 0.15) is 0 Å². The molecule has 1 amide bonds. The van der Waals surface area contributed by atoms with Gasteiger partial charge in [0.2, 0.25) is 5.91 Å². The first-order chi connectivity index (χ1) is 13.0. The van der Waals surface area contributed by atoms with Crippen molar-refractivity contribution < 1.29 is 9.72 Å². The zero-order chi connectivity index (χ0) is 19.4. The standard InChI is InChI=1S/C19H21ClN4O3/c1-21(15-6-8-16(9-7-15)24(26)27)19(25)14-22-10-12-23(13-11-22)18-5-3-2-4-17(18)20/h2-9H,10-14H2,1H3. The van der Waals surface area contributed by atoms with E-state index in [0.29, 0.717) is 12.2 Å².